The highest BCUT2D eigenvalue weighted by Crippen LogP contribution is 2.31. The Kier molecular flexibility index (Phi) is 10.3. The van der Waals surface area contributed by atoms with Gasteiger partial charge in [-0.2, -0.15) is 0 Å². The van der Waals surface area contributed by atoms with Crippen LogP contribution >= 0.6 is 0 Å². The van der Waals surface area contributed by atoms with Crippen molar-refractivity contribution in [3.8, 4) is 0 Å². The quantitative estimate of drug-likeness (QED) is 0.198. The number of rotatable bonds is 11. The Morgan fingerprint density at radius 1 is 1.14 bits per heavy atom. The average molecular weight is 466 g/mol. The molecule has 0 heterocycles. The fourth-order valence-corrected chi connectivity index (χ4v) is 4.30. The van der Waals surface area contributed by atoms with E-state index in [0.29, 0.717) is 12.8 Å². The SMILES string of the molecule is C/N=C(\C[C@H](CC(=O)C/C=C\C=C=Cc1ccccc1C)C1C=CC(OC)=CC1)c1ccccc1. The highest BCUT2D eigenvalue weighted by Gasteiger charge is 2.25. The first-order valence-electron chi connectivity index (χ1n) is 12.2. The van der Waals surface area contributed by atoms with Crippen LogP contribution in [0.3, 0.4) is 0 Å². The van der Waals surface area contributed by atoms with Gasteiger partial charge in [0.1, 0.15) is 11.5 Å². The molecule has 2 aromatic rings. The summed E-state index contributed by atoms with van der Waals surface area (Å²) in [6.45, 7) is 2.08. The molecule has 2 atom stereocenters. The Morgan fingerprint density at radius 3 is 2.60 bits per heavy atom. The molecule has 0 amide bonds. The lowest BCUT2D eigenvalue weighted by molar-refractivity contribution is -0.119. The van der Waals surface area contributed by atoms with Gasteiger partial charge in [-0.25, -0.2) is 0 Å². The van der Waals surface area contributed by atoms with Crippen LogP contribution in [0.15, 0.2) is 108 Å². The zero-order valence-corrected chi connectivity index (χ0v) is 21.0. The predicted molar refractivity (Wildman–Crippen MR) is 146 cm³/mol. The number of allylic oxidation sites excluding steroid dienone is 6. The van der Waals surface area contributed by atoms with E-state index in [1.165, 1.54) is 5.56 Å². The molecule has 2 aromatic carbocycles. The molecule has 0 N–H and O–H groups in total. The average Bonchev–Trinajstić information content (AvgIpc) is 2.90. The van der Waals surface area contributed by atoms with E-state index in [4.69, 9.17) is 4.74 Å². The molecule has 0 bridgehead atoms. The summed E-state index contributed by atoms with van der Waals surface area (Å²) in [5.41, 5.74) is 7.70. The summed E-state index contributed by atoms with van der Waals surface area (Å²) in [7, 11) is 3.52. The van der Waals surface area contributed by atoms with E-state index in [1.54, 1.807) is 7.11 Å². The molecule has 180 valence electrons. The van der Waals surface area contributed by atoms with Gasteiger partial charge in [-0.05, 0) is 72.6 Å². The van der Waals surface area contributed by atoms with E-state index in [-0.39, 0.29) is 17.6 Å². The third-order valence-corrected chi connectivity index (χ3v) is 6.36. The number of Topliss-reactive ketones (excluding diaryl/α,β-unsaturated/α-hetero) is 1. The van der Waals surface area contributed by atoms with Crippen molar-refractivity contribution < 1.29 is 9.53 Å². The van der Waals surface area contributed by atoms with Crippen LogP contribution in [0.1, 0.15) is 42.4 Å². The molecule has 35 heavy (non-hydrogen) atoms. The van der Waals surface area contributed by atoms with E-state index in [9.17, 15) is 4.79 Å². The molecule has 1 aliphatic rings. The van der Waals surface area contributed by atoms with Gasteiger partial charge in [-0.15, -0.1) is 5.73 Å². The summed E-state index contributed by atoms with van der Waals surface area (Å²) in [5, 5.41) is 0. The normalized spacial score (nSPS) is 16.4. The molecule has 0 spiro atoms. The van der Waals surface area contributed by atoms with E-state index < -0.39 is 0 Å². The highest BCUT2D eigenvalue weighted by molar-refractivity contribution is 6.00. The first-order valence-corrected chi connectivity index (χ1v) is 12.2. The van der Waals surface area contributed by atoms with Gasteiger partial charge in [0.05, 0.1) is 7.11 Å². The van der Waals surface area contributed by atoms with Crippen LogP contribution in [-0.2, 0) is 9.53 Å². The van der Waals surface area contributed by atoms with Gasteiger partial charge in [-0.1, -0.05) is 72.8 Å². The number of ether oxygens (including phenoxy) is 1. The van der Waals surface area contributed by atoms with E-state index in [0.717, 1.165) is 35.4 Å². The standard InChI is InChI=1S/C32H35NO2/c1-25-13-11-12-15-26(25)14-7-4-5-10-18-30(34)23-29(27-19-21-31(35-3)22-20-27)24-32(33-2)28-16-8-6-9-17-28/h4-6,8-17,19,21-22,27,29H,18,20,23-24H2,1-3H3/b10-5-,33-32+/t7?,27?,29-/m0/s1. The Labute approximate surface area is 210 Å². The van der Waals surface area contributed by atoms with Gasteiger partial charge >= 0.3 is 0 Å². The number of hydrogen-bond acceptors (Lipinski definition) is 3. The zero-order valence-electron chi connectivity index (χ0n) is 21.0. The van der Waals surface area contributed by atoms with Crippen LogP contribution in [0.2, 0.25) is 0 Å². The number of carbonyl (C=O) groups is 1. The van der Waals surface area contributed by atoms with Crippen LogP contribution < -0.4 is 0 Å². The summed E-state index contributed by atoms with van der Waals surface area (Å²) in [6, 6.07) is 18.4. The Bertz CT molecular complexity index is 1160. The number of aryl methyl sites for hydroxylation is 1. The number of hydrogen-bond donors (Lipinski definition) is 0. The van der Waals surface area contributed by atoms with Gasteiger partial charge in [0.2, 0.25) is 0 Å². The van der Waals surface area contributed by atoms with Gasteiger partial charge in [0.25, 0.3) is 0 Å². The zero-order chi connectivity index (χ0) is 24.9. The van der Waals surface area contributed by atoms with Crippen LogP contribution in [0.25, 0.3) is 6.08 Å². The molecule has 0 saturated carbocycles. The molecule has 1 unspecified atom stereocenters. The second-order valence-corrected chi connectivity index (χ2v) is 8.78. The number of ketones is 1. The van der Waals surface area contributed by atoms with Crippen molar-refractivity contribution in [2.24, 2.45) is 16.8 Å². The lowest BCUT2D eigenvalue weighted by atomic mass is 9.79. The van der Waals surface area contributed by atoms with E-state index >= 15 is 0 Å². The molecule has 3 heteroatoms. The van der Waals surface area contributed by atoms with Crippen LogP contribution in [-0.4, -0.2) is 25.7 Å². The maximum Gasteiger partial charge on any atom is 0.136 e. The number of benzene rings is 2. The monoisotopic (exact) mass is 465 g/mol. The van der Waals surface area contributed by atoms with Crippen molar-refractivity contribution in [3.05, 3.63) is 119 Å². The van der Waals surface area contributed by atoms with Crippen LogP contribution in [0.5, 0.6) is 0 Å². The molecule has 0 aromatic heterocycles. The predicted octanol–water partition coefficient (Wildman–Crippen LogP) is 7.30. The third kappa shape index (κ3) is 8.24. The second kappa shape index (κ2) is 13.9. The minimum atomic E-state index is 0.178. The van der Waals surface area contributed by atoms with E-state index in [2.05, 4.69) is 54.1 Å². The Balaban J connectivity index is 1.64. The van der Waals surface area contributed by atoms with Gasteiger partial charge in [0, 0.05) is 25.6 Å². The van der Waals surface area contributed by atoms with Crippen molar-refractivity contribution in [2.45, 2.75) is 32.6 Å². The largest absolute Gasteiger partial charge is 0.497 e. The molecule has 0 aliphatic heterocycles. The molecule has 1 aliphatic carbocycles. The topological polar surface area (TPSA) is 38.7 Å². The summed E-state index contributed by atoms with van der Waals surface area (Å²) in [4.78, 5) is 17.5. The maximum absolute atomic E-state index is 12.9. The maximum atomic E-state index is 12.9. The minimum absolute atomic E-state index is 0.178. The highest BCUT2D eigenvalue weighted by atomic mass is 16.5. The fraction of sp³-hybridized carbons (Fsp3) is 0.281. The van der Waals surface area contributed by atoms with Crippen molar-refractivity contribution in [1.82, 2.24) is 0 Å². The second-order valence-electron chi connectivity index (χ2n) is 8.78. The summed E-state index contributed by atoms with van der Waals surface area (Å²) < 4.78 is 5.35. The first kappa shape index (κ1) is 25.9. The summed E-state index contributed by atoms with van der Waals surface area (Å²) in [5.74, 6) is 1.57. The van der Waals surface area contributed by atoms with Crippen molar-refractivity contribution >= 4 is 17.6 Å². The molecule has 0 radical (unpaired) electrons. The van der Waals surface area contributed by atoms with Crippen LogP contribution in [0.4, 0.5) is 0 Å². The molecular formula is C32H35NO2. The Hall–Kier alpha value is -3.68. The van der Waals surface area contributed by atoms with Crippen molar-refractivity contribution in [2.75, 3.05) is 14.2 Å². The number of carbonyl (C=O) groups excluding carboxylic acids is 1. The van der Waals surface area contributed by atoms with Crippen LogP contribution in [0, 0.1) is 18.8 Å². The first-order chi connectivity index (χ1) is 17.1. The molecule has 0 saturated heterocycles. The number of nitrogens with zero attached hydrogens (tertiary/aromatic N) is 1. The smallest absolute Gasteiger partial charge is 0.136 e. The van der Waals surface area contributed by atoms with Crippen molar-refractivity contribution in [3.63, 3.8) is 0 Å². The minimum Gasteiger partial charge on any atom is -0.497 e. The lowest BCUT2D eigenvalue weighted by Crippen LogP contribution is -2.22. The fourth-order valence-electron chi connectivity index (χ4n) is 4.30. The van der Waals surface area contributed by atoms with Crippen molar-refractivity contribution in [1.29, 1.82) is 0 Å². The van der Waals surface area contributed by atoms with Gasteiger partial charge in [-0.3, -0.25) is 9.79 Å². The number of aliphatic imine (C=N–C) groups is 1. The Morgan fingerprint density at radius 2 is 1.91 bits per heavy atom. The summed E-state index contributed by atoms with van der Waals surface area (Å²) in [6.07, 6.45) is 16.5. The summed E-state index contributed by atoms with van der Waals surface area (Å²) >= 11 is 0. The van der Waals surface area contributed by atoms with Gasteiger partial charge in [0.15, 0.2) is 0 Å². The lowest BCUT2D eigenvalue weighted by Gasteiger charge is -2.26. The van der Waals surface area contributed by atoms with E-state index in [1.807, 2.05) is 67.8 Å². The molecule has 3 nitrogen and oxygen atoms in total. The van der Waals surface area contributed by atoms with Gasteiger partial charge < -0.3 is 4.74 Å². The third-order valence-electron chi connectivity index (χ3n) is 6.36. The molecular weight excluding hydrogens is 430 g/mol. The molecule has 0 fully saturated rings. The number of methoxy groups -OCH3 is 1. The molecule has 3 rings (SSSR count).